The quantitative estimate of drug-likeness (QED) is 0.129. The number of aromatic nitrogens is 2. The largest absolute Gasteiger partial charge is 0.480 e. The Hall–Kier alpha value is -0.635. The first-order valence-corrected chi connectivity index (χ1v) is 11.6. The van der Waals surface area contributed by atoms with Crippen molar-refractivity contribution in [1.82, 2.24) is 9.55 Å². The van der Waals surface area contributed by atoms with E-state index in [9.17, 15) is 29.0 Å². The first-order chi connectivity index (χ1) is 13.3. The standard InChI is InChI=1S/C10H18B3FN2O11P2S/c1-3-2-16(7(30)15-6(3)19)9(11)5(18)4(17)8(14,25-9)10(12,13)26-29(23,24)27-28(20,21)22/h2,4-5,17-18H,11-13H2,1H3,(H,23,24)(H,15,19,30)(H2,20,21,22)/t4-,5+,8-,9-/m0/s1. The second kappa shape index (κ2) is 7.75. The molecule has 0 aromatic carbocycles. The Kier molecular flexibility index (Phi) is 6.62. The highest BCUT2D eigenvalue weighted by Gasteiger charge is 2.69. The van der Waals surface area contributed by atoms with Crippen LogP contribution in [0.1, 0.15) is 5.56 Å². The Morgan fingerprint density at radius 2 is 1.87 bits per heavy atom. The first-order valence-electron chi connectivity index (χ1n) is 8.14. The third-order valence-electron chi connectivity index (χ3n) is 4.56. The maximum Gasteiger partial charge on any atom is 0.480 e. The van der Waals surface area contributed by atoms with Crippen molar-refractivity contribution in [1.29, 1.82) is 0 Å². The van der Waals surface area contributed by atoms with Gasteiger partial charge in [0.1, 0.15) is 33.5 Å². The molecule has 0 bridgehead atoms. The van der Waals surface area contributed by atoms with Gasteiger partial charge in [-0.1, -0.05) is 0 Å². The van der Waals surface area contributed by atoms with Crippen molar-refractivity contribution in [3.63, 3.8) is 0 Å². The molecule has 0 saturated carbocycles. The smallest absolute Gasteiger partial charge is 0.386 e. The summed E-state index contributed by atoms with van der Waals surface area (Å²) in [5.74, 6) is -3.42. The number of alkyl halides is 1. The summed E-state index contributed by atoms with van der Waals surface area (Å²) in [6.07, 6.45) is -3.30. The Bertz CT molecular complexity index is 1060. The number of rotatable bonds is 6. The van der Waals surface area contributed by atoms with Crippen LogP contribution in [0.4, 0.5) is 4.39 Å². The van der Waals surface area contributed by atoms with Gasteiger partial charge in [0.25, 0.3) is 11.4 Å². The second-order valence-corrected chi connectivity index (χ2v) is 10.4. The number of nitrogens with zero attached hydrogens (tertiary/aromatic N) is 1. The lowest BCUT2D eigenvalue weighted by Crippen LogP contribution is -2.60. The fraction of sp³-hybridized carbons (Fsp3) is 0.600. The van der Waals surface area contributed by atoms with Gasteiger partial charge >= 0.3 is 15.6 Å². The Labute approximate surface area is 176 Å². The van der Waals surface area contributed by atoms with Gasteiger partial charge in [0.15, 0.2) is 12.6 Å². The summed E-state index contributed by atoms with van der Waals surface area (Å²) in [6.45, 7) is 1.39. The molecule has 5 atom stereocenters. The summed E-state index contributed by atoms with van der Waals surface area (Å²) < 4.78 is 52.7. The van der Waals surface area contributed by atoms with E-state index in [2.05, 4.69) is 13.8 Å². The first kappa shape index (κ1) is 25.6. The molecule has 1 fully saturated rings. The van der Waals surface area contributed by atoms with Gasteiger partial charge in [-0.05, 0) is 19.1 Å². The molecule has 13 nitrogen and oxygen atoms in total. The van der Waals surface area contributed by atoms with Crippen LogP contribution in [-0.4, -0.2) is 81.4 Å². The van der Waals surface area contributed by atoms with Crippen molar-refractivity contribution in [3.8, 4) is 0 Å². The predicted octanol–water partition coefficient (Wildman–Crippen LogP) is -3.98. The monoisotopic (exact) mass is 488 g/mol. The van der Waals surface area contributed by atoms with Crippen molar-refractivity contribution in [2.75, 3.05) is 0 Å². The number of aryl methyl sites for hydroxylation is 1. The van der Waals surface area contributed by atoms with Gasteiger partial charge in [-0.25, -0.2) is 13.5 Å². The van der Waals surface area contributed by atoms with Gasteiger partial charge in [-0.2, -0.15) is 4.31 Å². The maximum atomic E-state index is 15.8. The number of hydrogen-bond donors (Lipinski definition) is 6. The van der Waals surface area contributed by atoms with Crippen LogP contribution in [0.25, 0.3) is 0 Å². The zero-order valence-electron chi connectivity index (χ0n) is 16.0. The molecule has 0 aliphatic carbocycles. The molecule has 1 aromatic rings. The minimum Gasteiger partial charge on any atom is -0.386 e. The minimum absolute atomic E-state index is 0.108. The highest BCUT2D eigenvalue weighted by Crippen LogP contribution is 2.61. The Balaban J connectivity index is 2.51. The van der Waals surface area contributed by atoms with Crippen molar-refractivity contribution in [3.05, 3.63) is 26.9 Å². The number of aromatic amines is 1. The van der Waals surface area contributed by atoms with E-state index >= 15 is 4.39 Å². The molecular formula is C10H18B3FN2O11P2S. The number of halogens is 1. The highest BCUT2D eigenvalue weighted by molar-refractivity contribution is 7.71. The summed E-state index contributed by atoms with van der Waals surface area (Å²) in [6, 6.07) is 0. The number of aliphatic hydroxyl groups is 2. The zero-order chi connectivity index (χ0) is 23.5. The van der Waals surface area contributed by atoms with Crippen LogP contribution in [0, 0.1) is 11.7 Å². The van der Waals surface area contributed by atoms with Crippen molar-refractivity contribution >= 4 is 51.4 Å². The molecule has 1 aromatic heterocycles. The molecule has 166 valence electrons. The van der Waals surface area contributed by atoms with E-state index in [0.29, 0.717) is 0 Å². The van der Waals surface area contributed by atoms with Gasteiger partial charge in [0, 0.05) is 11.8 Å². The van der Waals surface area contributed by atoms with Gasteiger partial charge < -0.3 is 34.2 Å². The van der Waals surface area contributed by atoms with Crippen LogP contribution in [0.2, 0.25) is 0 Å². The van der Waals surface area contributed by atoms with Crippen LogP contribution in [0.5, 0.6) is 0 Å². The van der Waals surface area contributed by atoms with Crippen LogP contribution in [0.15, 0.2) is 11.0 Å². The summed E-state index contributed by atoms with van der Waals surface area (Å²) >= 11 is 5.00. The summed E-state index contributed by atoms with van der Waals surface area (Å²) in [5.41, 5.74) is -2.58. The number of phosphoric acid groups is 2. The van der Waals surface area contributed by atoms with Crippen LogP contribution < -0.4 is 5.56 Å². The molecular weight excluding hydrogens is 470 g/mol. The topological polar surface area (TPSA) is 201 Å². The van der Waals surface area contributed by atoms with E-state index in [1.165, 1.54) is 6.92 Å². The number of aliphatic hydroxyl groups excluding tert-OH is 2. The summed E-state index contributed by atoms with van der Waals surface area (Å²) in [5, 5.41) is 18.3. The third kappa shape index (κ3) is 4.59. The number of ether oxygens (including phenoxy) is 1. The van der Waals surface area contributed by atoms with E-state index in [1.807, 2.05) is 0 Å². The highest BCUT2D eigenvalue weighted by atomic mass is 32.1. The molecule has 1 aliphatic heterocycles. The molecule has 1 aliphatic rings. The second-order valence-electron chi connectivity index (χ2n) is 7.28. The lowest BCUT2D eigenvalue weighted by molar-refractivity contribution is -0.239. The molecule has 30 heavy (non-hydrogen) atoms. The minimum atomic E-state index is -5.57. The van der Waals surface area contributed by atoms with Crippen LogP contribution in [0.3, 0.4) is 0 Å². The van der Waals surface area contributed by atoms with Gasteiger partial charge in [-0.3, -0.25) is 14.3 Å². The van der Waals surface area contributed by atoms with Crippen LogP contribution in [-0.2, 0) is 28.3 Å². The number of nitrogens with one attached hydrogen (secondary N) is 1. The van der Waals surface area contributed by atoms with Crippen molar-refractivity contribution in [2.24, 2.45) is 0 Å². The molecule has 6 N–H and O–H groups in total. The van der Waals surface area contributed by atoms with E-state index in [0.717, 1.165) is 34.3 Å². The van der Waals surface area contributed by atoms with E-state index in [-0.39, 0.29) is 10.3 Å². The van der Waals surface area contributed by atoms with Gasteiger partial charge in [0.05, 0.1) is 5.40 Å². The van der Waals surface area contributed by atoms with E-state index in [4.69, 9.17) is 26.7 Å². The molecule has 2 rings (SSSR count). The molecule has 0 radical (unpaired) electrons. The van der Waals surface area contributed by atoms with Crippen LogP contribution >= 0.6 is 27.9 Å². The lowest BCUT2D eigenvalue weighted by Gasteiger charge is -2.40. The predicted molar refractivity (Wildman–Crippen MR) is 108 cm³/mol. The van der Waals surface area contributed by atoms with Gasteiger partial charge in [-0.15, -0.1) is 0 Å². The molecule has 0 amide bonds. The summed E-state index contributed by atoms with van der Waals surface area (Å²) in [7, 11) is -8.32. The Morgan fingerprint density at radius 1 is 1.33 bits per heavy atom. The average molecular weight is 488 g/mol. The zero-order valence-corrected chi connectivity index (χ0v) is 18.7. The average Bonchev–Trinajstić information content (AvgIpc) is 2.70. The number of H-pyrrole nitrogens is 1. The fourth-order valence-corrected chi connectivity index (χ4v) is 5.22. The lowest BCUT2D eigenvalue weighted by atomic mass is 9.59. The van der Waals surface area contributed by atoms with Crippen molar-refractivity contribution < 1.29 is 52.0 Å². The number of hydrogen-bond acceptors (Lipinski definition) is 9. The third-order valence-corrected chi connectivity index (χ3v) is 7.22. The number of phosphoric ester groups is 1. The molecule has 0 spiro atoms. The maximum absolute atomic E-state index is 15.8. The molecule has 1 saturated heterocycles. The summed E-state index contributed by atoms with van der Waals surface area (Å²) in [4.78, 5) is 40.9. The SMILES string of the molecule is BC(B)(OP(=O)(O)OP(=O)(O)O)[C@@]1(F)O[C@@](B)(n2cc(C)c(=O)[nH]c2=S)[C@H](O)[C@@H]1O. The van der Waals surface area contributed by atoms with Crippen molar-refractivity contribution in [2.45, 2.75) is 36.0 Å². The molecule has 1 unspecified atom stereocenters. The molecule has 2 heterocycles. The Morgan fingerprint density at radius 3 is 2.37 bits per heavy atom. The normalized spacial score (nSPS) is 32.1. The fourth-order valence-electron chi connectivity index (χ4n) is 2.99. The van der Waals surface area contributed by atoms with E-state index in [1.54, 1.807) is 0 Å². The van der Waals surface area contributed by atoms with Gasteiger partial charge in [0.2, 0.25) is 0 Å². The molecule has 20 heteroatoms. The van der Waals surface area contributed by atoms with E-state index < -0.39 is 50.3 Å².